The van der Waals surface area contributed by atoms with E-state index in [-0.39, 0.29) is 11.2 Å². The Bertz CT molecular complexity index is 587. The molecule has 0 radical (unpaired) electrons. The van der Waals surface area contributed by atoms with Gasteiger partial charge in [-0.15, -0.1) is 94.1 Å². The SMILES string of the molecule is CSCN=CS(=O)CSCSCSC(=O)NCSCSCSCN=CS(=O)CSCSCO. The molecule has 0 rings (SSSR count). The van der Waals surface area contributed by atoms with Crippen LogP contribution in [0, 0.1) is 0 Å². The Morgan fingerprint density at radius 3 is 2.06 bits per heavy atom. The third kappa shape index (κ3) is 28.6. The summed E-state index contributed by atoms with van der Waals surface area (Å²) in [5.74, 6) is 1.90. The molecule has 194 valence electrons. The van der Waals surface area contributed by atoms with Gasteiger partial charge in [-0.3, -0.25) is 23.2 Å². The molecule has 0 heterocycles. The number of hydrogen-bond acceptors (Lipinski definition) is 15. The minimum atomic E-state index is -1.06. The predicted molar refractivity (Wildman–Crippen MR) is 172 cm³/mol. The monoisotopic (exact) mass is 667 g/mol. The second-order valence-electron chi connectivity index (χ2n) is 5.02. The molecular weight excluding hydrogens is 639 g/mol. The Balaban J connectivity index is 3.40. The minimum Gasteiger partial charge on any atom is -0.386 e. The van der Waals surface area contributed by atoms with Gasteiger partial charge in [-0.1, -0.05) is 11.8 Å². The van der Waals surface area contributed by atoms with Crippen LogP contribution in [0.1, 0.15) is 0 Å². The first-order valence-electron chi connectivity index (χ1n) is 8.89. The minimum absolute atomic E-state index is 0.0254. The lowest BCUT2D eigenvalue weighted by molar-refractivity contribution is 0.262. The fraction of sp³-hybridized carbons (Fsp3) is 0.800. The smallest absolute Gasteiger partial charge is 0.280 e. The van der Waals surface area contributed by atoms with E-state index in [0.717, 1.165) is 20.3 Å². The normalized spacial score (nSPS) is 13.6. The average molecular weight is 668 g/mol. The Hall–Kier alpha value is 2.22. The summed E-state index contributed by atoms with van der Waals surface area (Å²) >= 11 is 14.1. The van der Waals surface area contributed by atoms with E-state index in [1.807, 2.05) is 6.26 Å². The number of carbonyl (C=O) groups is 1. The van der Waals surface area contributed by atoms with Crippen LogP contribution in [0.5, 0.6) is 0 Å². The highest BCUT2D eigenvalue weighted by Crippen LogP contribution is 2.20. The van der Waals surface area contributed by atoms with Gasteiger partial charge in [0.25, 0.3) is 5.24 Å². The number of carbonyl (C=O) groups excluding carboxylic acids is 1. The molecule has 0 saturated carbocycles. The molecule has 2 atom stereocenters. The molecule has 0 aromatic carbocycles. The molecule has 0 spiro atoms. The van der Waals surface area contributed by atoms with Crippen molar-refractivity contribution in [3.63, 3.8) is 0 Å². The van der Waals surface area contributed by atoms with Crippen LogP contribution in [0.25, 0.3) is 0 Å². The molecule has 33 heavy (non-hydrogen) atoms. The standard InChI is InChI=1S/C15H29N3O4S11/c1-23-2-16-5-32(21)14-30-11-28-12-31-15(20)18-4-25-9-27-8-24-3-17-6-33(22)13-29-10-26-7-19/h5-6,19H,2-4,7-14H2,1H3,(H,18,20). The molecule has 0 bridgehead atoms. The summed E-state index contributed by atoms with van der Waals surface area (Å²) in [6.07, 6.45) is 1.95. The maximum absolute atomic E-state index is 11.8. The summed E-state index contributed by atoms with van der Waals surface area (Å²) in [4.78, 5) is 20.0. The zero-order valence-electron chi connectivity index (χ0n) is 18.0. The van der Waals surface area contributed by atoms with E-state index in [1.54, 1.807) is 70.6 Å². The summed E-state index contributed by atoms with van der Waals surface area (Å²) in [6.45, 7) is 0. The number of nitrogens with zero attached hydrogens (tertiary/aromatic N) is 2. The van der Waals surface area contributed by atoms with E-state index in [4.69, 9.17) is 5.11 Å². The van der Waals surface area contributed by atoms with Crippen molar-refractivity contribution in [1.29, 1.82) is 0 Å². The number of nitrogens with one attached hydrogen (secondary N) is 1. The zero-order valence-corrected chi connectivity index (χ0v) is 27.0. The second kappa shape index (κ2) is 28.8. The average Bonchev–Trinajstić information content (AvgIpc) is 2.80. The van der Waals surface area contributed by atoms with E-state index in [1.165, 1.54) is 46.4 Å². The van der Waals surface area contributed by atoms with Crippen molar-refractivity contribution in [3.8, 4) is 0 Å². The molecule has 0 aromatic heterocycles. The fourth-order valence-corrected chi connectivity index (χ4v) is 11.8. The van der Waals surface area contributed by atoms with Gasteiger partial charge in [0.2, 0.25) is 0 Å². The van der Waals surface area contributed by atoms with E-state index >= 15 is 0 Å². The van der Waals surface area contributed by atoms with E-state index in [0.29, 0.717) is 32.9 Å². The van der Waals surface area contributed by atoms with Gasteiger partial charge >= 0.3 is 0 Å². The summed E-state index contributed by atoms with van der Waals surface area (Å²) in [6, 6.07) is 0. The van der Waals surface area contributed by atoms with Crippen LogP contribution in [0.4, 0.5) is 4.79 Å². The van der Waals surface area contributed by atoms with Gasteiger partial charge in [0.1, 0.15) is 0 Å². The van der Waals surface area contributed by atoms with Crippen LogP contribution in [-0.2, 0) is 21.6 Å². The lowest BCUT2D eigenvalue weighted by Crippen LogP contribution is -2.17. The number of hydrogen-bond donors (Lipinski definition) is 2. The molecule has 0 aliphatic carbocycles. The maximum Gasteiger partial charge on any atom is 0.280 e. The summed E-state index contributed by atoms with van der Waals surface area (Å²) < 4.78 is 23.3. The molecule has 7 nitrogen and oxygen atoms in total. The number of aliphatic imine (C=N–C) groups is 2. The molecule has 1 amide bonds. The zero-order chi connectivity index (χ0) is 24.4. The van der Waals surface area contributed by atoms with Crippen molar-refractivity contribution in [2.45, 2.75) is 0 Å². The van der Waals surface area contributed by atoms with Crippen molar-refractivity contribution in [3.05, 3.63) is 0 Å². The van der Waals surface area contributed by atoms with Gasteiger partial charge in [0, 0.05) is 25.4 Å². The van der Waals surface area contributed by atoms with Gasteiger partial charge < -0.3 is 10.4 Å². The fourth-order valence-electron chi connectivity index (χ4n) is 1.32. The molecular formula is C15H29N3O4S11. The van der Waals surface area contributed by atoms with E-state index in [2.05, 4.69) is 15.3 Å². The first-order chi connectivity index (χ1) is 16.1. The Kier molecular flexibility index (Phi) is 30.7. The third-order valence-electron chi connectivity index (χ3n) is 2.50. The van der Waals surface area contributed by atoms with Crippen molar-refractivity contribution < 1.29 is 18.3 Å². The highest BCUT2D eigenvalue weighted by Gasteiger charge is 2.02. The van der Waals surface area contributed by atoms with Gasteiger partial charge in [0.15, 0.2) is 0 Å². The molecule has 0 aromatic rings. The molecule has 0 aliphatic heterocycles. The van der Waals surface area contributed by atoms with Gasteiger partial charge in [-0.05, 0) is 6.26 Å². The third-order valence-corrected chi connectivity index (χ3v) is 14.6. The highest BCUT2D eigenvalue weighted by atomic mass is 32.3. The lowest BCUT2D eigenvalue weighted by Gasteiger charge is -2.04. The molecule has 2 N–H and O–H groups in total. The van der Waals surface area contributed by atoms with Gasteiger partial charge in [-0.25, -0.2) is 0 Å². The quantitative estimate of drug-likeness (QED) is 0.0661. The predicted octanol–water partition coefficient (Wildman–Crippen LogP) is 5.00. The van der Waals surface area contributed by atoms with Crippen molar-refractivity contribution >= 4 is 144 Å². The van der Waals surface area contributed by atoms with Crippen LogP contribution < -0.4 is 5.32 Å². The number of amides is 1. The Labute approximate surface area is 240 Å². The number of aliphatic hydroxyl groups is 1. The van der Waals surface area contributed by atoms with Crippen LogP contribution in [0.2, 0.25) is 0 Å². The Morgan fingerprint density at radius 1 is 0.818 bits per heavy atom. The van der Waals surface area contributed by atoms with E-state index in [9.17, 15) is 13.2 Å². The van der Waals surface area contributed by atoms with Crippen molar-refractivity contribution in [2.75, 3.05) is 65.4 Å². The largest absolute Gasteiger partial charge is 0.386 e. The first-order valence-corrected chi connectivity index (χ1v) is 22.1. The first kappa shape index (κ1) is 35.2. The van der Waals surface area contributed by atoms with Crippen molar-refractivity contribution in [2.24, 2.45) is 9.98 Å². The Morgan fingerprint density at radius 2 is 1.39 bits per heavy atom. The number of thioether (sulfide) groups is 9. The van der Waals surface area contributed by atoms with E-state index < -0.39 is 21.6 Å². The number of aliphatic hydroxyl groups excluding tert-OH is 1. The van der Waals surface area contributed by atoms with Gasteiger partial charge in [0.05, 0.1) is 66.4 Å². The lowest BCUT2D eigenvalue weighted by atomic mass is 11.2. The van der Waals surface area contributed by atoms with Crippen LogP contribution in [0.15, 0.2) is 9.98 Å². The molecule has 0 fully saturated rings. The summed E-state index contributed by atoms with van der Waals surface area (Å²) in [5, 5.41) is 16.5. The van der Waals surface area contributed by atoms with Crippen LogP contribution in [0.3, 0.4) is 0 Å². The highest BCUT2D eigenvalue weighted by molar-refractivity contribution is 8.29. The topological polar surface area (TPSA) is 108 Å². The van der Waals surface area contributed by atoms with Gasteiger partial charge in [-0.2, -0.15) is 0 Å². The van der Waals surface area contributed by atoms with Crippen LogP contribution >= 0.6 is 106 Å². The summed E-state index contributed by atoms with van der Waals surface area (Å²) in [7, 11) is -2.08. The summed E-state index contributed by atoms with van der Waals surface area (Å²) in [5.41, 5.74) is 3.00. The molecule has 2 unspecified atom stereocenters. The van der Waals surface area contributed by atoms with Crippen LogP contribution in [-0.4, -0.2) is 95.3 Å². The maximum atomic E-state index is 11.8. The molecule has 18 heteroatoms. The molecule has 0 aliphatic rings. The van der Waals surface area contributed by atoms with Crippen molar-refractivity contribution in [1.82, 2.24) is 5.32 Å². The molecule has 0 saturated heterocycles. The second-order valence-corrected chi connectivity index (χ2v) is 18.7. The number of rotatable bonds is 23.